The molecule has 1 fully saturated rings. The number of hydrogen-bond donors (Lipinski definition) is 1. The highest BCUT2D eigenvalue weighted by Crippen LogP contribution is 2.65. The lowest BCUT2D eigenvalue weighted by molar-refractivity contribution is -0.385. The summed E-state index contributed by atoms with van der Waals surface area (Å²) in [6.07, 6.45) is 0.919. The molecular weight excluding hydrogens is 216 g/mol. The first-order valence-electron chi connectivity index (χ1n) is 5.80. The zero-order valence-electron chi connectivity index (χ0n) is 10.5. The Morgan fingerprint density at radius 1 is 1.47 bits per heavy atom. The second-order valence-corrected chi connectivity index (χ2v) is 5.57. The molecule has 0 saturated heterocycles. The summed E-state index contributed by atoms with van der Waals surface area (Å²) >= 11 is 0. The molecule has 0 heterocycles. The fourth-order valence-electron chi connectivity index (χ4n) is 3.01. The van der Waals surface area contributed by atoms with Gasteiger partial charge in [-0.1, -0.05) is 26.0 Å². The minimum absolute atomic E-state index is 0.0542. The first-order valence-corrected chi connectivity index (χ1v) is 5.80. The Kier molecular flexibility index (Phi) is 2.51. The molecule has 1 saturated carbocycles. The van der Waals surface area contributed by atoms with Crippen molar-refractivity contribution in [1.82, 2.24) is 0 Å². The van der Waals surface area contributed by atoms with Gasteiger partial charge in [-0.15, -0.1) is 0 Å². The van der Waals surface area contributed by atoms with Crippen molar-refractivity contribution >= 4 is 5.69 Å². The second-order valence-electron chi connectivity index (χ2n) is 5.57. The standard InChI is InChI=1S/C13H18N2O2/c1-9-5-4-6-10(15(16)17)11(9)13(8-14)7-12(13,2)3/h4-6H,7-8,14H2,1-3H3. The van der Waals surface area contributed by atoms with E-state index in [-0.39, 0.29) is 21.4 Å². The highest BCUT2D eigenvalue weighted by Gasteiger charge is 2.63. The van der Waals surface area contributed by atoms with Gasteiger partial charge in [0.05, 0.1) is 4.92 Å². The van der Waals surface area contributed by atoms with Crippen molar-refractivity contribution < 1.29 is 4.92 Å². The smallest absolute Gasteiger partial charge is 0.273 e. The first-order chi connectivity index (χ1) is 7.85. The van der Waals surface area contributed by atoms with Crippen LogP contribution in [0.5, 0.6) is 0 Å². The Morgan fingerprint density at radius 3 is 2.47 bits per heavy atom. The third-order valence-electron chi connectivity index (χ3n) is 4.19. The van der Waals surface area contributed by atoms with E-state index in [0.29, 0.717) is 6.54 Å². The molecule has 1 aliphatic carbocycles. The summed E-state index contributed by atoms with van der Waals surface area (Å²) in [6.45, 7) is 6.63. The molecule has 1 unspecified atom stereocenters. The van der Waals surface area contributed by atoms with Gasteiger partial charge < -0.3 is 5.73 Å². The molecule has 17 heavy (non-hydrogen) atoms. The van der Waals surface area contributed by atoms with E-state index in [2.05, 4.69) is 13.8 Å². The van der Waals surface area contributed by atoms with Crippen LogP contribution in [0.15, 0.2) is 18.2 Å². The highest BCUT2D eigenvalue weighted by molar-refractivity contribution is 5.55. The van der Waals surface area contributed by atoms with Crippen molar-refractivity contribution in [2.45, 2.75) is 32.6 Å². The number of nitro benzene ring substituents is 1. The molecule has 1 atom stereocenters. The van der Waals surface area contributed by atoms with Crippen LogP contribution < -0.4 is 5.73 Å². The van der Waals surface area contributed by atoms with E-state index in [1.54, 1.807) is 12.1 Å². The van der Waals surface area contributed by atoms with E-state index in [0.717, 1.165) is 17.5 Å². The molecule has 0 bridgehead atoms. The minimum Gasteiger partial charge on any atom is -0.330 e. The van der Waals surface area contributed by atoms with Crippen molar-refractivity contribution in [2.75, 3.05) is 6.54 Å². The lowest BCUT2D eigenvalue weighted by Crippen LogP contribution is -2.27. The second kappa shape index (κ2) is 3.53. The molecule has 0 aliphatic heterocycles. The van der Waals surface area contributed by atoms with E-state index >= 15 is 0 Å². The minimum atomic E-state index is -0.297. The van der Waals surface area contributed by atoms with Gasteiger partial charge in [0.25, 0.3) is 5.69 Å². The van der Waals surface area contributed by atoms with Crippen LogP contribution in [0.4, 0.5) is 5.69 Å². The average Bonchev–Trinajstić information content (AvgIpc) is 2.81. The number of nitrogens with zero attached hydrogens (tertiary/aromatic N) is 1. The first kappa shape index (κ1) is 12.0. The topological polar surface area (TPSA) is 69.2 Å². The number of rotatable bonds is 3. The summed E-state index contributed by atoms with van der Waals surface area (Å²) in [5.41, 5.74) is 7.73. The van der Waals surface area contributed by atoms with Crippen molar-refractivity contribution in [3.05, 3.63) is 39.4 Å². The quantitative estimate of drug-likeness (QED) is 0.645. The van der Waals surface area contributed by atoms with E-state index in [9.17, 15) is 10.1 Å². The Balaban J connectivity index is 2.64. The summed E-state index contributed by atoms with van der Waals surface area (Å²) in [6, 6.07) is 5.23. The van der Waals surface area contributed by atoms with Crippen molar-refractivity contribution in [2.24, 2.45) is 11.1 Å². The normalized spacial score (nSPS) is 25.6. The van der Waals surface area contributed by atoms with Gasteiger partial charge in [-0.3, -0.25) is 10.1 Å². The fraction of sp³-hybridized carbons (Fsp3) is 0.538. The van der Waals surface area contributed by atoms with E-state index < -0.39 is 0 Å². The average molecular weight is 234 g/mol. The molecule has 0 radical (unpaired) electrons. The molecular formula is C13H18N2O2. The maximum absolute atomic E-state index is 11.1. The van der Waals surface area contributed by atoms with Crippen LogP contribution in [0.25, 0.3) is 0 Å². The Bertz CT molecular complexity index is 482. The Labute approximate surface area is 101 Å². The number of hydrogen-bond acceptors (Lipinski definition) is 3. The zero-order chi connectivity index (χ0) is 12.8. The van der Waals surface area contributed by atoms with Crippen LogP contribution in [-0.2, 0) is 5.41 Å². The van der Waals surface area contributed by atoms with Gasteiger partial charge in [-0.05, 0) is 24.3 Å². The SMILES string of the molecule is Cc1cccc([N+](=O)[O-])c1C1(CN)CC1(C)C. The molecule has 1 aromatic rings. The van der Waals surface area contributed by atoms with Crippen LogP contribution in [-0.4, -0.2) is 11.5 Å². The predicted molar refractivity (Wildman–Crippen MR) is 67.0 cm³/mol. The number of nitro groups is 1. The largest absolute Gasteiger partial charge is 0.330 e. The summed E-state index contributed by atoms with van der Waals surface area (Å²) in [7, 11) is 0. The van der Waals surface area contributed by atoms with Crippen molar-refractivity contribution in [3.8, 4) is 0 Å². The van der Waals surface area contributed by atoms with Crippen LogP contribution in [0, 0.1) is 22.5 Å². The molecule has 0 aromatic heterocycles. The van der Waals surface area contributed by atoms with E-state index in [1.807, 2.05) is 13.0 Å². The number of aryl methyl sites for hydroxylation is 1. The van der Waals surface area contributed by atoms with Gasteiger partial charge in [-0.2, -0.15) is 0 Å². The van der Waals surface area contributed by atoms with Gasteiger partial charge in [-0.25, -0.2) is 0 Å². The predicted octanol–water partition coefficient (Wildman–Crippen LogP) is 2.53. The molecule has 1 aliphatic rings. The van der Waals surface area contributed by atoms with Crippen LogP contribution in [0.3, 0.4) is 0 Å². The van der Waals surface area contributed by atoms with Crippen LogP contribution in [0.2, 0.25) is 0 Å². The molecule has 2 N–H and O–H groups in total. The van der Waals surface area contributed by atoms with Crippen LogP contribution >= 0.6 is 0 Å². The van der Waals surface area contributed by atoms with Gasteiger partial charge >= 0.3 is 0 Å². The third kappa shape index (κ3) is 1.55. The van der Waals surface area contributed by atoms with Crippen LogP contribution in [0.1, 0.15) is 31.4 Å². The lowest BCUT2D eigenvalue weighted by atomic mass is 9.84. The monoisotopic (exact) mass is 234 g/mol. The number of nitrogens with two attached hydrogens (primary N) is 1. The Morgan fingerprint density at radius 2 is 2.06 bits per heavy atom. The molecule has 0 spiro atoms. The zero-order valence-corrected chi connectivity index (χ0v) is 10.5. The summed E-state index contributed by atoms with van der Waals surface area (Å²) in [5.74, 6) is 0. The molecule has 1 aromatic carbocycles. The fourth-order valence-corrected chi connectivity index (χ4v) is 3.01. The van der Waals surface area contributed by atoms with Crippen molar-refractivity contribution in [3.63, 3.8) is 0 Å². The summed E-state index contributed by atoms with van der Waals surface area (Å²) in [5, 5.41) is 11.1. The van der Waals surface area contributed by atoms with E-state index in [1.165, 1.54) is 0 Å². The summed E-state index contributed by atoms with van der Waals surface area (Å²) in [4.78, 5) is 10.8. The maximum Gasteiger partial charge on any atom is 0.273 e. The van der Waals surface area contributed by atoms with E-state index in [4.69, 9.17) is 5.73 Å². The maximum atomic E-state index is 11.1. The number of benzene rings is 1. The molecule has 4 heteroatoms. The highest BCUT2D eigenvalue weighted by atomic mass is 16.6. The van der Waals surface area contributed by atoms with Crippen molar-refractivity contribution in [1.29, 1.82) is 0 Å². The Hall–Kier alpha value is -1.42. The molecule has 4 nitrogen and oxygen atoms in total. The van der Waals surface area contributed by atoms with Gasteiger partial charge in [0.1, 0.15) is 0 Å². The lowest BCUT2D eigenvalue weighted by Gasteiger charge is -2.21. The molecule has 0 amide bonds. The van der Waals surface area contributed by atoms with Gasteiger partial charge in [0, 0.05) is 23.6 Å². The molecule has 92 valence electrons. The third-order valence-corrected chi connectivity index (χ3v) is 4.19. The summed E-state index contributed by atoms with van der Waals surface area (Å²) < 4.78 is 0. The molecule has 2 rings (SSSR count). The van der Waals surface area contributed by atoms with Gasteiger partial charge in [0.2, 0.25) is 0 Å². The van der Waals surface area contributed by atoms with Gasteiger partial charge in [0.15, 0.2) is 0 Å².